The Kier molecular flexibility index (Phi) is 5.36. The van der Waals surface area contributed by atoms with E-state index in [0.29, 0.717) is 32.5 Å². The van der Waals surface area contributed by atoms with Gasteiger partial charge in [0, 0.05) is 37.4 Å². The third-order valence-corrected chi connectivity index (χ3v) is 6.19. The molecular formula is C20H26N6O2. The second-order valence-electron chi connectivity index (χ2n) is 7.88. The van der Waals surface area contributed by atoms with Crippen molar-refractivity contribution in [2.24, 2.45) is 5.41 Å². The molecule has 1 aromatic heterocycles. The summed E-state index contributed by atoms with van der Waals surface area (Å²) in [7, 11) is 0. The first-order chi connectivity index (χ1) is 13.7. The monoisotopic (exact) mass is 382 g/mol. The Bertz CT molecular complexity index is 809. The van der Waals surface area contributed by atoms with Crippen LogP contribution in [0.1, 0.15) is 44.1 Å². The highest BCUT2D eigenvalue weighted by molar-refractivity contribution is 5.78. The number of tetrazole rings is 1. The number of likely N-dealkylation sites (tertiary alicyclic amines) is 1. The largest absolute Gasteiger partial charge is 0.355 e. The van der Waals surface area contributed by atoms with Crippen molar-refractivity contribution >= 4 is 11.8 Å². The zero-order valence-corrected chi connectivity index (χ0v) is 16.0. The maximum Gasteiger partial charge on any atom is 0.223 e. The van der Waals surface area contributed by atoms with Gasteiger partial charge in [0.15, 0.2) is 0 Å². The third kappa shape index (κ3) is 3.90. The second-order valence-corrected chi connectivity index (χ2v) is 7.88. The molecule has 1 saturated carbocycles. The van der Waals surface area contributed by atoms with Crippen molar-refractivity contribution in [2.45, 2.75) is 57.7 Å². The fraction of sp³-hybridized carbons (Fsp3) is 0.550. The Balaban J connectivity index is 1.39. The number of aryl methyl sites for hydroxylation is 1. The zero-order valence-electron chi connectivity index (χ0n) is 16.0. The molecule has 2 amide bonds. The van der Waals surface area contributed by atoms with E-state index in [1.165, 1.54) is 6.33 Å². The number of fused-ring (bicyclic) bond motifs is 1. The van der Waals surface area contributed by atoms with Gasteiger partial charge in [-0.2, -0.15) is 0 Å². The number of nitrogens with one attached hydrogen (secondary N) is 1. The minimum absolute atomic E-state index is 0.00188. The number of carbonyl (C=O) groups is 2. The van der Waals surface area contributed by atoms with Gasteiger partial charge >= 0.3 is 0 Å². The van der Waals surface area contributed by atoms with Gasteiger partial charge in [0.25, 0.3) is 0 Å². The summed E-state index contributed by atoms with van der Waals surface area (Å²) in [6.07, 6.45) is 6.44. The highest BCUT2D eigenvalue weighted by Crippen LogP contribution is 2.48. The normalized spacial score (nSPS) is 24.2. The smallest absolute Gasteiger partial charge is 0.223 e. The lowest BCUT2D eigenvalue weighted by molar-refractivity contribution is -0.142. The van der Waals surface area contributed by atoms with Crippen molar-refractivity contribution in [2.75, 3.05) is 6.54 Å². The summed E-state index contributed by atoms with van der Waals surface area (Å²) < 4.78 is 1.55. The molecule has 1 aromatic carbocycles. The highest BCUT2D eigenvalue weighted by Gasteiger charge is 2.50. The van der Waals surface area contributed by atoms with Crippen molar-refractivity contribution in [1.29, 1.82) is 0 Å². The molecule has 1 aliphatic heterocycles. The molecule has 148 valence electrons. The number of hydrogen-bond donors (Lipinski definition) is 1. The predicted octanol–water partition coefficient (Wildman–Crippen LogP) is 1.54. The molecule has 8 heteroatoms. The van der Waals surface area contributed by atoms with E-state index in [4.69, 9.17) is 0 Å². The summed E-state index contributed by atoms with van der Waals surface area (Å²) in [5, 5.41) is 14.0. The van der Waals surface area contributed by atoms with Crippen molar-refractivity contribution in [1.82, 2.24) is 30.4 Å². The average molecular weight is 382 g/mol. The Morgan fingerprint density at radius 3 is 2.89 bits per heavy atom. The van der Waals surface area contributed by atoms with Gasteiger partial charge in [-0.05, 0) is 35.3 Å². The van der Waals surface area contributed by atoms with Crippen molar-refractivity contribution < 1.29 is 9.59 Å². The van der Waals surface area contributed by atoms with E-state index in [-0.39, 0.29) is 23.3 Å². The number of aromatic nitrogens is 4. The van der Waals surface area contributed by atoms with Gasteiger partial charge in [-0.1, -0.05) is 36.8 Å². The van der Waals surface area contributed by atoms with E-state index in [0.717, 1.165) is 31.2 Å². The zero-order chi connectivity index (χ0) is 19.4. The Morgan fingerprint density at radius 2 is 2.11 bits per heavy atom. The fourth-order valence-electron chi connectivity index (χ4n) is 4.71. The number of amides is 2. The molecule has 1 saturated heterocycles. The van der Waals surface area contributed by atoms with E-state index in [1.807, 2.05) is 18.2 Å². The summed E-state index contributed by atoms with van der Waals surface area (Å²) in [5.41, 5.74) is 1.15. The lowest BCUT2D eigenvalue weighted by atomic mass is 9.74. The maximum absolute atomic E-state index is 12.7. The van der Waals surface area contributed by atoms with E-state index in [2.05, 4.69) is 37.9 Å². The Labute approximate surface area is 164 Å². The van der Waals surface area contributed by atoms with E-state index >= 15 is 0 Å². The van der Waals surface area contributed by atoms with Crippen LogP contribution in [0.2, 0.25) is 0 Å². The predicted molar refractivity (Wildman–Crippen MR) is 102 cm³/mol. The molecule has 1 N–H and O–H groups in total. The first-order valence-electron chi connectivity index (χ1n) is 9.97. The van der Waals surface area contributed by atoms with Crippen molar-refractivity contribution in [3.05, 3.63) is 42.2 Å². The van der Waals surface area contributed by atoms with Crippen LogP contribution in [-0.4, -0.2) is 49.5 Å². The van der Waals surface area contributed by atoms with Gasteiger partial charge in [-0.3, -0.25) is 9.59 Å². The summed E-state index contributed by atoms with van der Waals surface area (Å²) >= 11 is 0. The van der Waals surface area contributed by atoms with Crippen LogP contribution in [0.5, 0.6) is 0 Å². The van der Waals surface area contributed by atoms with Crippen LogP contribution in [-0.2, 0) is 22.7 Å². The topological polar surface area (TPSA) is 93.0 Å². The van der Waals surface area contributed by atoms with E-state index in [9.17, 15) is 9.59 Å². The molecule has 0 spiro atoms. The maximum atomic E-state index is 12.7. The molecule has 0 unspecified atom stereocenters. The van der Waals surface area contributed by atoms with Crippen LogP contribution in [0.25, 0.3) is 0 Å². The molecule has 0 radical (unpaired) electrons. The van der Waals surface area contributed by atoms with Crippen LogP contribution in [0, 0.1) is 5.41 Å². The number of piperidine rings is 1. The molecule has 28 heavy (non-hydrogen) atoms. The van der Waals surface area contributed by atoms with Crippen LogP contribution in [0.4, 0.5) is 0 Å². The molecule has 2 aliphatic rings. The van der Waals surface area contributed by atoms with E-state index < -0.39 is 0 Å². The third-order valence-electron chi connectivity index (χ3n) is 6.19. The second kappa shape index (κ2) is 8.08. The van der Waals surface area contributed by atoms with Gasteiger partial charge in [-0.15, -0.1) is 5.10 Å². The minimum atomic E-state index is -0.00678. The number of hydrogen-bond acceptors (Lipinski definition) is 5. The summed E-state index contributed by atoms with van der Waals surface area (Å²) in [5.74, 6) is 0.235. The SMILES string of the molecule is O=C(CCn1cnnn1)NC[C@@]12CCC[C@H]1N(Cc1ccccc1)C(=O)CC2. The van der Waals surface area contributed by atoms with E-state index in [1.54, 1.807) is 4.68 Å². The van der Waals surface area contributed by atoms with Gasteiger partial charge in [0.1, 0.15) is 6.33 Å². The standard InChI is InChI=1S/C20H26N6O2/c27-18(9-12-25-15-22-23-24-25)21-14-20-10-4-7-17(20)26(19(28)8-11-20)13-16-5-2-1-3-6-16/h1-3,5-6,15,17H,4,7-14H2,(H,21,27)/t17-,20+/m1/s1. The molecule has 2 fully saturated rings. The quantitative estimate of drug-likeness (QED) is 0.784. The number of benzene rings is 1. The molecule has 2 heterocycles. The average Bonchev–Trinajstić information content (AvgIpc) is 3.38. The number of rotatable bonds is 7. The lowest BCUT2D eigenvalue weighted by Crippen LogP contribution is -2.55. The summed E-state index contributed by atoms with van der Waals surface area (Å²) in [6.45, 7) is 1.75. The van der Waals surface area contributed by atoms with Gasteiger partial charge in [-0.25, -0.2) is 4.68 Å². The van der Waals surface area contributed by atoms with Gasteiger partial charge < -0.3 is 10.2 Å². The van der Waals surface area contributed by atoms with Crippen molar-refractivity contribution in [3.8, 4) is 0 Å². The molecule has 4 rings (SSSR count). The van der Waals surface area contributed by atoms with Crippen LogP contribution in [0.3, 0.4) is 0 Å². The molecule has 0 bridgehead atoms. The molecular weight excluding hydrogens is 356 g/mol. The number of carbonyl (C=O) groups excluding carboxylic acids is 2. The van der Waals surface area contributed by atoms with Gasteiger partial charge in [0.2, 0.25) is 11.8 Å². The first-order valence-corrected chi connectivity index (χ1v) is 9.97. The summed E-state index contributed by atoms with van der Waals surface area (Å²) in [6, 6.07) is 10.4. The fourth-order valence-corrected chi connectivity index (χ4v) is 4.71. The molecule has 1 aliphatic carbocycles. The minimum Gasteiger partial charge on any atom is -0.355 e. The van der Waals surface area contributed by atoms with Crippen LogP contribution >= 0.6 is 0 Å². The Morgan fingerprint density at radius 1 is 1.25 bits per heavy atom. The van der Waals surface area contributed by atoms with Crippen LogP contribution < -0.4 is 5.32 Å². The molecule has 8 nitrogen and oxygen atoms in total. The Hall–Kier alpha value is -2.77. The summed E-state index contributed by atoms with van der Waals surface area (Å²) in [4.78, 5) is 27.1. The molecule has 2 aromatic rings. The van der Waals surface area contributed by atoms with Crippen molar-refractivity contribution in [3.63, 3.8) is 0 Å². The van der Waals surface area contributed by atoms with Gasteiger partial charge in [0.05, 0.1) is 6.54 Å². The number of nitrogens with zero attached hydrogens (tertiary/aromatic N) is 5. The highest BCUT2D eigenvalue weighted by atomic mass is 16.2. The van der Waals surface area contributed by atoms with Crippen LogP contribution in [0.15, 0.2) is 36.7 Å². The molecule has 2 atom stereocenters. The lowest BCUT2D eigenvalue weighted by Gasteiger charge is -2.46. The first kappa shape index (κ1) is 18.6.